The smallest absolute Gasteiger partial charge is 0.161 e. The third-order valence-electron chi connectivity index (χ3n) is 2.59. The fourth-order valence-corrected chi connectivity index (χ4v) is 1.94. The summed E-state index contributed by atoms with van der Waals surface area (Å²) < 4.78 is 1.05. The van der Waals surface area contributed by atoms with Gasteiger partial charge in [0.05, 0.1) is 0 Å². The van der Waals surface area contributed by atoms with E-state index >= 15 is 0 Å². The molecule has 3 nitrogen and oxygen atoms in total. The van der Waals surface area contributed by atoms with Crippen molar-refractivity contribution in [1.82, 2.24) is 9.97 Å². The van der Waals surface area contributed by atoms with Crippen molar-refractivity contribution in [2.24, 2.45) is 0 Å². The lowest BCUT2D eigenvalue weighted by Gasteiger charge is -2.06. The molecule has 0 aliphatic rings. The third kappa shape index (κ3) is 2.64. The molecule has 0 saturated heterocycles. The minimum absolute atomic E-state index is 0.517. The molecule has 2 N–H and O–H groups in total. The van der Waals surface area contributed by atoms with Crippen LogP contribution in [0.2, 0.25) is 0 Å². The third-order valence-corrected chi connectivity index (χ3v) is 3.45. The summed E-state index contributed by atoms with van der Waals surface area (Å²) in [5, 5.41) is 0. The van der Waals surface area contributed by atoms with Gasteiger partial charge in [0, 0.05) is 21.8 Å². The lowest BCUT2D eigenvalue weighted by molar-refractivity contribution is 1.01. The zero-order valence-electron chi connectivity index (χ0n) is 9.87. The lowest BCUT2D eigenvalue weighted by Crippen LogP contribution is -1.99. The molecular formula is C13H14BrN3. The zero-order valence-corrected chi connectivity index (χ0v) is 11.5. The summed E-state index contributed by atoms with van der Waals surface area (Å²) in [7, 11) is 0. The van der Waals surface area contributed by atoms with Crippen molar-refractivity contribution >= 4 is 21.7 Å². The Balaban J connectivity index is 2.52. The van der Waals surface area contributed by atoms with Gasteiger partial charge >= 0.3 is 0 Å². The maximum absolute atomic E-state index is 5.78. The van der Waals surface area contributed by atoms with Gasteiger partial charge in [0.25, 0.3) is 0 Å². The number of nitrogens with zero attached hydrogens (tertiary/aromatic N) is 2. The first kappa shape index (κ1) is 12.0. The largest absolute Gasteiger partial charge is 0.384 e. The normalized spacial score (nSPS) is 10.5. The molecule has 0 aliphatic heterocycles. The average molecular weight is 292 g/mol. The number of nitrogens with two attached hydrogens (primary N) is 1. The fraction of sp³-hybridized carbons (Fsp3) is 0.231. The van der Waals surface area contributed by atoms with Crippen LogP contribution in [0, 0.1) is 6.92 Å². The van der Waals surface area contributed by atoms with Crippen molar-refractivity contribution < 1.29 is 0 Å². The Hall–Kier alpha value is -1.42. The maximum Gasteiger partial charge on any atom is 0.161 e. The van der Waals surface area contributed by atoms with Gasteiger partial charge in [-0.25, -0.2) is 9.97 Å². The van der Waals surface area contributed by atoms with Gasteiger partial charge in [-0.3, -0.25) is 0 Å². The Bertz CT molecular complexity index is 552. The van der Waals surface area contributed by atoms with E-state index in [0.717, 1.165) is 22.2 Å². The van der Waals surface area contributed by atoms with E-state index in [-0.39, 0.29) is 0 Å². The van der Waals surface area contributed by atoms with Crippen LogP contribution in [0.4, 0.5) is 5.82 Å². The molecule has 2 rings (SSSR count). The van der Waals surface area contributed by atoms with Crippen molar-refractivity contribution in [3.05, 3.63) is 40.0 Å². The molecular weight excluding hydrogens is 278 g/mol. The van der Waals surface area contributed by atoms with Crippen molar-refractivity contribution in [1.29, 1.82) is 0 Å². The van der Waals surface area contributed by atoms with Crippen LogP contribution in [0.5, 0.6) is 0 Å². The molecule has 0 saturated carbocycles. The standard InChI is InChI=1S/C13H14BrN3/c1-3-10-7-12(15)17-13(16-10)9-5-4-8(2)11(14)6-9/h4-7H,3H2,1-2H3,(H2,15,16,17). The van der Waals surface area contributed by atoms with Gasteiger partial charge in [-0.05, 0) is 25.0 Å². The molecule has 0 fully saturated rings. The minimum Gasteiger partial charge on any atom is -0.384 e. The quantitative estimate of drug-likeness (QED) is 0.923. The van der Waals surface area contributed by atoms with Crippen LogP contribution in [-0.2, 0) is 6.42 Å². The molecule has 88 valence electrons. The Morgan fingerprint density at radius 3 is 2.65 bits per heavy atom. The average Bonchev–Trinajstić information content (AvgIpc) is 2.32. The number of aryl methyl sites for hydroxylation is 2. The zero-order chi connectivity index (χ0) is 12.4. The van der Waals surface area contributed by atoms with Gasteiger partial charge < -0.3 is 5.73 Å². The Labute approximate surface area is 109 Å². The fourth-order valence-electron chi connectivity index (χ4n) is 1.56. The van der Waals surface area contributed by atoms with Crippen LogP contribution in [0.25, 0.3) is 11.4 Å². The van der Waals surface area contributed by atoms with E-state index < -0.39 is 0 Å². The monoisotopic (exact) mass is 291 g/mol. The molecule has 0 amide bonds. The molecule has 0 atom stereocenters. The van der Waals surface area contributed by atoms with Crippen molar-refractivity contribution in [3.63, 3.8) is 0 Å². The van der Waals surface area contributed by atoms with Gasteiger partial charge in [-0.15, -0.1) is 0 Å². The van der Waals surface area contributed by atoms with E-state index in [1.165, 1.54) is 5.56 Å². The minimum atomic E-state index is 0.517. The van der Waals surface area contributed by atoms with Crippen LogP contribution in [0.1, 0.15) is 18.2 Å². The first-order chi connectivity index (χ1) is 8.10. The molecule has 0 bridgehead atoms. The topological polar surface area (TPSA) is 51.8 Å². The number of benzene rings is 1. The molecule has 1 heterocycles. The second-order valence-corrected chi connectivity index (χ2v) is 4.78. The summed E-state index contributed by atoms with van der Waals surface area (Å²) in [4.78, 5) is 8.75. The molecule has 0 unspecified atom stereocenters. The second kappa shape index (κ2) is 4.84. The Morgan fingerprint density at radius 1 is 1.24 bits per heavy atom. The van der Waals surface area contributed by atoms with Crippen molar-refractivity contribution in [3.8, 4) is 11.4 Å². The molecule has 0 aliphatic carbocycles. The summed E-state index contributed by atoms with van der Waals surface area (Å²) >= 11 is 3.51. The summed E-state index contributed by atoms with van der Waals surface area (Å²) in [6.07, 6.45) is 0.854. The highest BCUT2D eigenvalue weighted by molar-refractivity contribution is 9.10. The SMILES string of the molecule is CCc1cc(N)nc(-c2ccc(C)c(Br)c2)n1. The first-order valence-corrected chi connectivity index (χ1v) is 6.29. The number of hydrogen-bond donors (Lipinski definition) is 1. The van der Waals surface area contributed by atoms with E-state index in [1.54, 1.807) is 0 Å². The molecule has 1 aromatic heterocycles. The molecule has 17 heavy (non-hydrogen) atoms. The van der Waals surface area contributed by atoms with E-state index in [2.05, 4.69) is 32.8 Å². The molecule has 1 aromatic carbocycles. The molecule has 4 heteroatoms. The predicted octanol–water partition coefficient (Wildman–Crippen LogP) is 3.36. The summed E-state index contributed by atoms with van der Waals surface area (Å²) in [6.45, 7) is 4.10. The number of nitrogen functional groups attached to an aromatic ring is 1. The maximum atomic E-state index is 5.78. The van der Waals surface area contributed by atoms with Crippen LogP contribution >= 0.6 is 15.9 Å². The van der Waals surface area contributed by atoms with Crippen LogP contribution in [0.15, 0.2) is 28.7 Å². The summed E-state index contributed by atoms with van der Waals surface area (Å²) in [6, 6.07) is 7.88. The molecule has 2 aromatic rings. The lowest BCUT2D eigenvalue weighted by atomic mass is 10.1. The van der Waals surface area contributed by atoms with Gasteiger partial charge in [0.2, 0.25) is 0 Å². The van der Waals surface area contributed by atoms with E-state index in [4.69, 9.17) is 5.73 Å². The summed E-state index contributed by atoms with van der Waals surface area (Å²) in [5.74, 6) is 1.20. The van der Waals surface area contributed by atoms with E-state index in [1.807, 2.05) is 31.2 Å². The number of rotatable bonds is 2. The van der Waals surface area contributed by atoms with Crippen LogP contribution in [-0.4, -0.2) is 9.97 Å². The van der Waals surface area contributed by atoms with Gasteiger partial charge in [-0.1, -0.05) is 35.0 Å². The van der Waals surface area contributed by atoms with Crippen LogP contribution in [0.3, 0.4) is 0 Å². The van der Waals surface area contributed by atoms with Gasteiger partial charge in [0.1, 0.15) is 5.82 Å². The Kier molecular flexibility index (Phi) is 3.43. The number of halogens is 1. The predicted molar refractivity (Wildman–Crippen MR) is 73.7 cm³/mol. The second-order valence-electron chi connectivity index (χ2n) is 3.93. The van der Waals surface area contributed by atoms with Crippen LogP contribution < -0.4 is 5.73 Å². The highest BCUT2D eigenvalue weighted by Crippen LogP contribution is 2.24. The van der Waals surface area contributed by atoms with E-state index in [9.17, 15) is 0 Å². The molecule has 0 radical (unpaired) electrons. The number of anilines is 1. The summed E-state index contributed by atoms with van der Waals surface area (Å²) in [5.41, 5.74) is 8.90. The van der Waals surface area contributed by atoms with E-state index in [0.29, 0.717) is 11.6 Å². The number of aromatic nitrogens is 2. The first-order valence-electron chi connectivity index (χ1n) is 5.50. The highest BCUT2D eigenvalue weighted by Gasteiger charge is 2.06. The van der Waals surface area contributed by atoms with Crippen molar-refractivity contribution in [2.75, 3.05) is 5.73 Å². The van der Waals surface area contributed by atoms with Gasteiger partial charge in [0.15, 0.2) is 5.82 Å². The van der Waals surface area contributed by atoms with Gasteiger partial charge in [-0.2, -0.15) is 0 Å². The molecule has 0 spiro atoms. The van der Waals surface area contributed by atoms with Crippen molar-refractivity contribution in [2.45, 2.75) is 20.3 Å². The number of hydrogen-bond acceptors (Lipinski definition) is 3. The highest BCUT2D eigenvalue weighted by atomic mass is 79.9. The Morgan fingerprint density at radius 2 is 2.00 bits per heavy atom.